The third-order valence-electron chi connectivity index (χ3n) is 9.41. The highest BCUT2D eigenvalue weighted by atomic mass is 28.4. The zero-order valence-electron chi connectivity index (χ0n) is 31.7. The van der Waals surface area contributed by atoms with Gasteiger partial charge in [0.05, 0.1) is 32.5 Å². The van der Waals surface area contributed by atoms with Gasteiger partial charge in [-0.1, -0.05) is 144 Å². The van der Waals surface area contributed by atoms with Crippen molar-refractivity contribution in [2.24, 2.45) is 0 Å². The van der Waals surface area contributed by atoms with Crippen molar-refractivity contribution in [3.8, 4) is 29.4 Å². The summed E-state index contributed by atoms with van der Waals surface area (Å²) in [4.78, 5) is 0. The first-order chi connectivity index (χ1) is 24.5. The summed E-state index contributed by atoms with van der Waals surface area (Å²) in [6, 6.07) is 28.9. The molecule has 0 amide bonds. The summed E-state index contributed by atoms with van der Waals surface area (Å²) in [7, 11) is -1.29. The monoisotopic (exact) mass is 710 g/mol. The van der Waals surface area contributed by atoms with Crippen LogP contribution in [-0.4, -0.2) is 57.3 Å². The van der Waals surface area contributed by atoms with Gasteiger partial charge in [-0.25, -0.2) is 0 Å². The van der Waals surface area contributed by atoms with Crippen molar-refractivity contribution in [1.82, 2.24) is 0 Å². The van der Waals surface area contributed by atoms with E-state index in [1.54, 1.807) is 7.11 Å². The van der Waals surface area contributed by atoms with Crippen molar-refractivity contribution in [1.29, 1.82) is 0 Å². The zero-order chi connectivity index (χ0) is 36.7. The van der Waals surface area contributed by atoms with Gasteiger partial charge in [0.1, 0.15) is 18.0 Å². The van der Waals surface area contributed by atoms with Crippen LogP contribution in [0.4, 0.5) is 0 Å². The topological polar surface area (TPSA) is 66.4 Å². The highest BCUT2D eigenvalue weighted by Gasteiger charge is 2.53. The van der Waals surface area contributed by atoms with Crippen LogP contribution in [0.2, 0.25) is 5.04 Å². The Kier molecular flexibility index (Phi) is 15.4. The molecule has 1 aliphatic heterocycles. The third-order valence-corrected chi connectivity index (χ3v) is 14.4. The molecule has 1 fully saturated rings. The highest BCUT2D eigenvalue weighted by molar-refractivity contribution is 6.99. The molecule has 51 heavy (non-hydrogen) atoms. The van der Waals surface area contributed by atoms with Gasteiger partial charge < -0.3 is 28.5 Å². The molecule has 1 N–H and O–H groups in total. The maximum atomic E-state index is 11.3. The second kappa shape index (κ2) is 19.4. The molecule has 0 bridgehead atoms. The first-order valence-electron chi connectivity index (χ1n) is 18.5. The minimum atomic E-state index is -2.94. The number of aliphatic hydroxyl groups is 1. The van der Waals surface area contributed by atoms with Gasteiger partial charge in [0.15, 0.2) is 5.79 Å². The van der Waals surface area contributed by atoms with Gasteiger partial charge in [0.25, 0.3) is 8.32 Å². The van der Waals surface area contributed by atoms with Gasteiger partial charge in [0, 0.05) is 6.42 Å². The van der Waals surface area contributed by atoms with Crippen LogP contribution in [0.1, 0.15) is 92.1 Å². The van der Waals surface area contributed by atoms with E-state index >= 15 is 0 Å². The molecule has 7 heteroatoms. The van der Waals surface area contributed by atoms with Crippen LogP contribution in [-0.2, 0) is 25.2 Å². The molecule has 0 radical (unpaired) electrons. The fraction of sp³-hybridized carbons (Fsp3) is 0.500. The first kappa shape index (κ1) is 40.4. The summed E-state index contributed by atoms with van der Waals surface area (Å²) in [5, 5.41) is 13.3. The maximum Gasteiger partial charge on any atom is 0.262 e. The van der Waals surface area contributed by atoms with Crippen molar-refractivity contribution < 1.29 is 28.5 Å². The van der Waals surface area contributed by atoms with E-state index < -0.39 is 32.4 Å². The molecule has 4 atom stereocenters. The van der Waals surface area contributed by atoms with E-state index in [4.69, 9.17) is 23.4 Å². The van der Waals surface area contributed by atoms with Crippen LogP contribution >= 0.6 is 0 Å². The molecule has 0 unspecified atom stereocenters. The number of hydrogen-bond donors (Lipinski definition) is 1. The Morgan fingerprint density at radius 3 is 2.06 bits per heavy atom. The van der Waals surface area contributed by atoms with Crippen LogP contribution in [0, 0.1) is 23.7 Å². The van der Waals surface area contributed by atoms with Crippen LogP contribution < -0.4 is 15.1 Å². The SMILES string of the molecule is CCCCCCC[C@@H](OCc1ccc(OC)cc1)[C@H](O)CC#CC#C[C@H](O[Si](c1ccccc1)(c1ccccc1)C(C)(C)C)[C@H]1COC(C)(C)O1. The predicted molar refractivity (Wildman–Crippen MR) is 209 cm³/mol. The number of hydrogen-bond acceptors (Lipinski definition) is 6. The second-order valence-electron chi connectivity index (χ2n) is 14.8. The molecule has 1 saturated heterocycles. The Bertz CT molecular complexity index is 1540. The van der Waals surface area contributed by atoms with E-state index in [0.717, 1.165) is 30.6 Å². The fourth-order valence-corrected chi connectivity index (χ4v) is 11.3. The van der Waals surface area contributed by atoms with Crippen molar-refractivity contribution in [2.75, 3.05) is 13.7 Å². The Balaban J connectivity index is 1.56. The molecule has 0 spiro atoms. The zero-order valence-corrected chi connectivity index (χ0v) is 32.7. The molecule has 274 valence electrons. The number of ether oxygens (including phenoxy) is 4. The molecule has 1 heterocycles. The number of benzene rings is 3. The molecular weight excluding hydrogens is 653 g/mol. The smallest absolute Gasteiger partial charge is 0.262 e. The van der Waals surface area contributed by atoms with Gasteiger partial charge in [0.2, 0.25) is 0 Å². The van der Waals surface area contributed by atoms with E-state index in [1.807, 2.05) is 50.2 Å². The van der Waals surface area contributed by atoms with Crippen LogP contribution in [0.15, 0.2) is 84.9 Å². The summed E-state index contributed by atoms with van der Waals surface area (Å²) in [6.45, 7) is 13.6. The normalized spacial score (nSPS) is 17.4. The molecule has 3 aromatic rings. The van der Waals surface area contributed by atoms with Crippen LogP contribution in [0.5, 0.6) is 5.75 Å². The molecular formula is C44H58O6Si. The lowest BCUT2D eigenvalue weighted by Crippen LogP contribution is -2.68. The first-order valence-corrected chi connectivity index (χ1v) is 20.4. The van der Waals surface area contributed by atoms with E-state index in [-0.39, 0.29) is 17.6 Å². The molecule has 0 aliphatic carbocycles. The minimum absolute atomic E-state index is 0.238. The Hall–Kier alpha value is -3.40. The number of unbranched alkanes of at least 4 members (excludes halogenated alkanes) is 4. The highest BCUT2D eigenvalue weighted by Crippen LogP contribution is 2.39. The van der Waals surface area contributed by atoms with Gasteiger partial charge in [-0.15, -0.1) is 0 Å². The van der Waals surface area contributed by atoms with Gasteiger partial charge in [-0.2, -0.15) is 0 Å². The number of methoxy groups -OCH3 is 1. The molecule has 1 aliphatic rings. The Labute approximate surface area is 308 Å². The fourth-order valence-electron chi connectivity index (χ4n) is 6.64. The van der Waals surface area contributed by atoms with Gasteiger partial charge >= 0.3 is 0 Å². The standard InChI is InChI=1S/C44H58O6Si/c1-8-9-10-11-20-27-40(47-33-35-29-31-36(46-7)32-30-35)39(45)26-19-14-21-28-41(42-34-48-44(5,6)49-42)50-51(43(2,3)4,37-22-15-12-16-23-37)38-24-17-13-18-25-38/h12-13,15-18,22-25,29-32,39-42,45H,8-11,20,26-27,33-34H2,1-7H3/t39-,40-,41+,42-/m1/s1. The Morgan fingerprint density at radius 1 is 0.882 bits per heavy atom. The minimum Gasteiger partial charge on any atom is -0.497 e. The third kappa shape index (κ3) is 11.5. The molecule has 0 aromatic heterocycles. The van der Waals surface area contributed by atoms with E-state index in [2.05, 4.69) is 99.9 Å². The molecule has 0 saturated carbocycles. The van der Waals surface area contributed by atoms with E-state index in [1.165, 1.54) is 29.6 Å². The number of rotatable bonds is 17. The summed E-state index contributed by atoms with van der Waals surface area (Å²) < 4.78 is 31.3. The maximum absolute atomic E-state index is 11.3. The lowest BCUT2D eigenvalue weighted by atomic mass is 10.0. The quantitative estimate of drug-likeness (QED) is 0.0877. The van der Waals surface area contributed by atoms with Gasteiger partial charge in [-0.05, 0) is 65.2 Å². The van der Waals surface area contributed by atoms with Crippen molar-refractivity contribution >= 4 is 18.7 Å². The van der Waals surface area contributed by atoms with E-state index in [9.17, 15) is 5.11 Å². The average molecular weight is 711 g/mol. The molecule has 4 rings (SSSR count). The molecule has 3 aromatic carbocycles. The van der Waals surface area contributed by atoms with E-state index in [0.29, 0.717) is 13.2 Å². The van der Waals surface area contributed by atoms with Crippen molar-refractivity contribution in [2.45, 2.75) is 128 Å². The summed E-state index contributed by atoms with van der Waals surface area (Å²) in [5.41, 5.74) is 1.03. The lowest BCUT2D eigenvalue weighted by molar-refractivity contribution is -0.145. The summed E-state index contributed by atoms with van der Waals surface area (Å²) in [5.74, 6) is 12.6. The van der Waals surface area contributed by atoms with Crippen LogP contribution in [0.3, 0.4) is 0 Å². The lowest BCUT2D eigenvalue weighted by Gasteiger charge is -2.45. The van der Waals surface area contributed by atoms with Crippen LogP contribution in [0.25, 0.3) is 0 Å². The number of aliphatic hydroxyl groups excluding tert-OH is 1. The van der Waals surface area contributed by atoms with Crippen molar-refractivity contribution in [3.63, 3.8) is 0 Å². The van der Waals surface area contributed by atoms with Crippen molar-refractivity contribution in [3.05, 3.63) is 90.5 Å². The van der Waals surface area contributed by atoms with Gasteiger partial charge in [-0.3, -0.25) is 0 Å². The molecule has 6 nitrogen and oxygen atoms in total. The predicted octanol–water partition coefficient (Wildman–Crippen LogP) is 7.80. The average Bonchev–Trinajstić information content (AvgIpc) is 3.50. The Morgan fingerprint density at radius 2 is 1.51 bits per heavy atom. The summed E-state index contributed by atoms with van der Waals surface area (Å²) >= 11 is 0. The summed E-state index contributed by atoms with van der Waals surface area (Å²) in [6.07, 6.45) is 4.70. The largest absolute Gasteiger partial charge is 0.497 e. The second-order valence-corrected chi connectivity index (χ2v) is 19.1.